The van der Waals surface area contributed by atoms with Gasteiger partial charge in [-0.15, -0.1) is 12.4 Å². The average molecular weight is 446 g/mol. The number of aromatic carboxylic acids is 1. The van der Waals surface area contributed by atoms with Gasteiger partial charge in [-0.3, -0.25) is 9.78 Å². The highest BCUT2D eigenvalue weighted by atomic mass is 35.5. The van der Waals surface area contributed by atoms with E-state index in [-0.39, 0.29) is 35.6 Å². The summed E-state index contributed by atoms with van der Waals surface area (Å²) in [6, 6.07) is 9.95. The van der Waals surface area contributed by atoms with Crippen molar-refractivity contribution in [3.05, 3.63) is 59.4 Å². The van der Waals surface area contributed by atoms with E-state index in [0.29, 0.717) is 40.2 Å². The van der Waals surface area contributed by atoms with Crippen LogP contribution in [0, 0.1) is 0 Å². The van der Waals surface area contributed by atoms with Crippen LogP contribution in [0.2, 0.25) is 0 Å². The lowest BCUT2D eigenvalue weighted by Crippen LogP contribution is -2.10. The third-order valence-electron chi connectivity index (χ3n) is 4.39. The van der Waals surface area contributed by atoms with Gasteiger partial charge in [0.05, 0.1) is 25.4 Å². The van der Waals surface area contributed by atoms with Crippen LogP contribution in [0.15, 0.2) is 42.6 Å². The van der Waals surface area contributed by atoms with Crippen molar-refractivity contribution in [3.63, 3.8) is 0 Å². The van der Waals surface area contributed by atoms with Crippen LogP contribution in [-0.2, 0) is 0 Å². The summed E-state index contributed by atoms with van der Waals surface area (Å²) in [5.41, 5.74) is 0.484. The summed E-state index contributed by atoms with van der Waals surface area (Å²) in [6.45, 7) is 6.04. The second kappa shape index (κ2) is 10.1. The zero-order chi connectivity index (χ0) is 21.8. The molecule has 0 bridgehead atoms. The first-order valence-corrected chi connectivity index (χ1v) is 9.54. The highest BCUT2D eigenvalue weighted by Crippen LogP contribution is 2.36. The second-order valence-electron chi connectivity index (χ2n) is 6.83. The van der Waals surface area contributed by atoms with Gasteiger partial charge in [0, 0.05) is 22.5 Å². The van der Waals surface area contributed by atoms with Crippen molar-refractivity contribution in [2.75, 3.05) is 13.7 Å². The molecule has 0 saturated heterocycles. The van der Waals surface area contributed by atoms with Crippen LogP contribution in [0.1, 0.15) is 47.2 Å². The lowest BCUT2D eigenvalue weighted by atomic mass is 9.99. The number of hydrogen-bond acceptors (Lipinski definition) is 6. The summed E-state index contributed by atoms with van der Waals surface area (Å²) in [6.07, 6.45) is 1.05. The zero-order valence-corrected chi connectivity index (χ0v) is 18.5. The van der Waals surface area contributed by atoms with Gasteiger partial charge in [0.2, 0.25) is 5.78 Å². The number of fused-ring (bicyclic) bond motifs is 1. The molecule has 3 aromatic rings. The number of ether oxygens (including phenoxy) is 3. The summed E-state index contributed by atoms with van der Waals surface area (Å²) in [4.78, 5) is 29.2. The topological polar surface area (TPSA) is 95.0 Å². The van der Waals surface area contributed by atoms with Crippen LogP contribution in [0.25, 0.3) is 10.8 Å². The summed E-state index contributed by atoms with van der Waals surface area (Å²) in [7, 11) is 1.48. The number of pyridine rings is 1. The van der Waals surface area contributed by atoms with Crippen molar-refractivity contribution < 1.29 is 28.9 Å². The predicted octanol–water partition coefficient (Wildman–Crippen LogP) is 4.78. The van der Waals surface area contributed by atoms with Gasteiger partial charge in [0.1, 0.15) is 11.4 Å². The minimum atomic E-state index is -1.15. The minimum Gasteiger partial charge on any atom is -0.494 e. The van der Waals surface area contributed by atoms with Gasteiger partial charge in [0.25, 0.3) is 0 Å². The van der Waals surface area contributed by atoms with E-state index in [0.717, 1.165) is 0 Å². The van der Waals surface area contributed by atoms with Crippen molar-refractivity contribution in [3.8, 4) is 17.2 Å². The molecule has 0 saturated carbocycles. The average Bonchev–Trinajstić information content (AvgIpc) is 2.71. The fourth-order valence-electron chi connectivity index (χ4n) is 3.13. The summed E-state index contributed by atoms with van der Waals surface area (Å²) >= 11 is 0. The molecule has 7 nitrogen and oxygen atoms in total. The number of carbonyl (C=O) groups is 2. The number of benzene rings is 2. The Morgan fingerprint density at radius 3 is 2.42 bits per heavy atom. The van der Waals surface area contributed by atoms with Crippen LogP contribution in [-0.4, -0.2) is 41.7 Å². The largest absolute Gasteiger partial charge is 0.494 e. The first-order chi connectivity index (χ1) is 14.3. The number of hydrogen-bond donors (Lipinski definition) is 1. The number of nitrogens with zero attached hydrogens (tertiary/aromatic N) is 1. The van der Waals surface area contributed by atoms with E-state index >= 15 is 0 Å². The number of methoxy groups -OCH3 is 1. The SMILES string of the molecule is CCOc1cccc(C(=O)c2ncc(C(=O)O)c3cc(OC(C)C)c(OC)cc23)c1.Cl. The summed E-state index contributed by atoms with van der Waals surface area (Å²) in [5, 5.41) is 10.3. The highest BCUT2D eigenvalue weighted by molar-refractivity contribution is 6.18. The van der Waals surface area contributed by atoms with Crippen LogP contribution in [0.4, 0.5) is 0 Å². The standard InChI is InChI=1S/C23H23NO6.ClH/c1-5-29-15-8-6-7-14(9-15)22(25)21-17-11-19(28-4)20(30-13(2)3)10-16(17)18(12-24-21)23(26)27;/h6-13H,5H2,1-4H3,(H,26,27);1H. The quantitative estimate of drug-likeness (QED) is 0.498. The fourth-order valence-corrected chi connectivity index (χ4v) is 3.13. The molecule has 1 N–H and O–H groups in total. The van der Waals surface area contributed by atoms with Gasteiger partial charge in [-0.25, -0.2) is 4.79 Å². The maximum atomic E-state index is 13.2. The molecule has 164 valence electrons. The van der Waals surface area contributed by atoms with Crippen molar-refractivity contribution >= 4 is 34.9 Å². The van der Waals surface area contributed by atoms with Gasteiger partial charge in [-0.05, 0) is 45.0 Å². The lowest BCUT2D eigenvalue weighted by Gasteiger charge is -2.16. The van der Waals surface area contributed by atoms with E-state index < -0.39 is 5.97 Å². The number of ketones is 1. The maximum absolute atomic E-state index is 13.2. The monoisotopic (exact) mass is 445 g/mol. The molecule has 0 atom stereocenters. The Bertz CT molecular complexity index is 1110. The Hall–Kier alpha value is -3.32. The molecule has 0 aliphatic heterocycles. The van der Waals surface area contributed by atoms with Crippen molar-refractivity contribution in [1.29, 1.82) is 0 Å². The third kappa shape index (κ3) is 5.06. The molecule has 1 heterocycles. The van der Waals surface area contributed by atoms with Gasteiger partial charge in [0.15, 0.2) is 11.5 Å². The van der Waals surface area contributed by atoms with Crippen LogP contribution in [0.5, 0.6) is 17.2 Å². The smallest absolute Gasteiger partial charge is 0.337 e. The summed E-state index contributed by atoms with van der Waals surface area (Å²) in [5.74, 6) is -0.147. The van der Waals surface area contributed by atoms with Crippen molar-refractivity contribution in [2.45, 2.75) is 26.9 Å². The zero-order valence-electron chi connectivity index (χ0n) is 17.7. The second-order valence-corrected chi connectivity index (χ2v) is 6.83. The van der Waals surface area contributed by atoms with E-state index in [1.54, 1.807) is 36.4 Å². The van der Waals surface area contributed by atoms with Crippen molar-refractivity contribution in [1.82, 2.24) is 4.98 Å². The molecule has 0 aliphatic carbocycles. The van der Waals surface area contributed by atoms with Gasteiger partial charge in [-0.2, -0.15) is 0 Å². The Morgan fingerprint density at radius 1 is 1.10 bits per heavy atom. The molecule has 0 amide bonds. The molecule has 2 aromatic carbocycles. The molecule has 31 heavy (non-hydrogen) atoms. The maximum Gasteiger partial charge on any atom is 0.337 e. The number of carboxylic acid groups (broad SMARTS) is 1. The molecule has 3 rings (SSSR count). The van der Waals surface area contributed by atoms with Crippen LogP contribution in [0.3, 0.4) is 0 Å². The van der Waals surface area contributed by atoms with Crippen LogP contribution >= 0.6 is 12.4 Å². The molecule has 8 heteroatoms. The van der Waals surface area contributed by atoms with Gasteiger partial charge in [-0.1, -0.05) is 12.1 Å². The number of aromatic nitrogens is 1. The van der Waals surface area contributed by atoms with Gasteiger partial charge >= 0.3 is 5.97 Å². The molecule has 0 aliphatic rings. The molecule has 0 fully saturated rings. The Labute approximate surface area is 186 Å². The normalized spacial score (nSPS) is 10.5. The molecule has 0 unspecified atom stereocenters. The van der Waals surface area contributed by atoms with Crippen LogP contribution < -0.4 is 14.2 Å². The predicted molar refractivity (Wildman–Crippen MR) is 119 cm³/mol. The third-order valence-corrected chi connectivity index (χ3v) is 4.39. The Morgan fingerprint density at radius 2 is 1.81 bits per heavy atom. The lowest BCUT2D eigenvalue weighted by molar-refractivity contribution is 0.0698. The minimum absolute atomic E-state index is 0. The fraction of sp³-hybridized carbons (Fsp3) is 0.261. The van der Waals surface area contributed by atoms with Crippen molar-refractivity contribution in [2.24, 2.45) is 0 Å². The molecular weight excluding hydrogens is 422 g/mol. The highest BCUT2D eigenvalue weighted by Gasteiger charge is 2.22. The van der Waals surface area contributed by atoms with E-state index in [1.807, 2.05) is 20.8 Å². The Kier molecular flexibility index (Phi) is 7.83. The van der Waals surface area contributed by atoms with Gasteiger partial charge < -0.3 is 19.3 Å². The van der Waals surface area contributed by atoms with E-state index in [1.165, 1.54) is 13.3 Å². The summed E-state index contributed by atoms with van der Waals surface area (Å²) < 4.78 is 16.7. The first-order valence-electron chi connectivity index (χ1n) is 9.54. The molecule has 0 radical (unpaired) electrons. The van der Waals surface area contributed by atoms with E-state index in [4.69, 9.17) is 14.2 Å². The number of carbonyl (C=O) groups excluding carboxylic acids is 1. The molecular formula is C23H24ClNO6. The Balaban J connectivity index is 0.00000341. The van der Waals surface area contributed by atoms with E-state index in [2.05, 4.69) is 4.98 Å². The molecule has 0 spiro atoms. The number of carboxylic acids is 1. The number of rotatable bonds is 8. The van der Waals surface area contributed by atoms with E-state index in [9.17, 15) is 14.7 Å². The molecule has 1 aromatic heterocycles. The first kappa shape index (κ1) is 24.0. The number of halogens is 1.